The van der Waals surface area contributed by atoms with Gasteiger partial charge in [-0.05, 0) is 29.7 Å². The molecule has 126 valence electrons. The van der Waals surface area contributed by atoms with Crippen LogP contribution in [0.25, 0.3) is 0 Å². The second-order valence-electron chi connectivity index (χ2n) is 5.92. The summed E-state index contributed by atoms with van der Waals surface area (Å²) in [5.74, 6) is 2.44. The predicted octanol–water partition coefficient (Wildman–Crippen LogP) is 5.44. The van der Waals surface area contributed by atoms with Crippen LogP contribution in [0.5, 0.6) is 0 Å². The van der Waals surface area contributed by atoms with Crippen molar-refractivity contribution in [3.63, 3.8) is 0 Å². The minimum absolute atomic E-state index is 0.00980. The largest absolute Gasteiger partial charge is 0.345 e. The number of carbonyl (C=O) groups excluding carboxylic acids is 1. The molecule has 2 nitrogen and oxygen atoms in total. The first kappa shape index (κ1) is 17.4. The van der Waals surface area contributed by atoms with Gasteiger partial charge in [0.1, 0.15) is 0 Å². The molecule has 4 heteroatoms. The fourth-order valence-corrected chi connectivity index (χ4v) is 5.74. The highest BCUT2D eigenvalue weighted by Crippen LogP contribution is 2.45. The molecule has 1 aliphatic heterocycles. The first-order valence-corrected chi connectivity index (χ1v) is 10.6. The van der Waals surface area contributed by atoms with E-state index < -0.39 is 0 Å². The average molecular weight is 358 g/mol. The van der Waals surface area contributed by atoms with Crippen LogP contribution in [-0.4, -0.2) is 17.4 Å². The summed E-state index contributed by atoms with van der Waals surface area (Å²) in [7, 11) is 0. The maximum absolute atomic E-state index is 12.6. The van der Waals surface area contributed by atoms with Crippen LogP contribution >= 0.6 is 23.5 Å². The fourth-order valence-electron chi connectivity index (χ4n) is 2.88. The lowest BCUT2D eigenvalue weighted by Gasteiger charge is -2.19. The van der Waals surface area contributed by atoms with Crippen molar-refractivity contribution in [3.05, 3.63) is 71.3 Å². The van der Waals surface area contributed by atoms with Crippen LogP contribution in [0.15, 0.2) is 54.6 Å². The Labute approximate surface area is 152 Å². The second-order valence-corrected chi connectivity index (χ2v) is 8.65. The van der Waals surface area contributed by atoms with Crippen molar-refractivity contribution in [1.29, 1.82) is 0 Å². The van der Waals surface area contributed by atoms with Crippen LogP contribution in [0, 0.1) is 0 Å². The predicted molar refractivity (Wildman–Crippen MR) is 106 cm³/mol. The zero-order chi connectivity index (χ0) is 16.8. The Kier molecular flexibility index (Phi) is 6.27. The van der Waals surface area contributed by atoms with Gasteiger partial charge in [-0.2, -0.15) is 0 Å². The highest BCUT2D eigenvalue weighted by Gasteiger charge is 2.19. The molecule has 0 bridgehead atoms. The molecule has 1 atom stereocenters. The van der Waals surface area contributed by atoms with Gasteiger partial charge >= 0.3 is 0 Å². The SMILES string of the molecule is CCCC(NC(=O)c1ccc(C2SCCS2)cc1)c1ccccc1. The molecule has 0 saturated carbocycles. The number of hydrogen-bond acceptors (Lipinski definition) is 3. The molecule has 1 aliphatic rings. The topological polar surface area (TPSA) is 29.1 Å². The summed E-state index contributed by atoms with van der Waals surface area (Å²) in [6.07, 6.45) is 1.98. The van der Waals surface area contributed by atoms with E-state index in [1.54, 1.807) is 0 Å². The fraction of sp³-hybridized carbons (Fsp3) is 0.350. The summed E-state index contributed by atoms with van der Waals surface area (Å²) < 4.78 is 0.527. The zero-order valence-electron chi connectivity index (χ0n) is 13.9. The van der Waals surface area contributed by atoms with E-state index in [-0.39, 0.29) is 11.9 Å². The highest BCUT2D eigenvalue weighted by atomic mass is 32.2. The maximum atomic E-state index is 12.6. The molecule has 0 spiro atoms. The Hall–Kier alpha value is -1.39. The summed E-state index contributed by atoms with van der Waals surface area (Å²) in [6, 6.07) is 18.4. The average Bonchev–Trinajstić information content (AvgIpc) is 3.17. The summed E-state index contributed by atoms with van der Waals surface area (Å²) in [4.78, 5) is 12.6. The summed E-state index contributed by atoms with van der Waals surface area (Å²) in [5.41, 5.74) is 3.22. The molecule has 1 fully saturated rings. The number of benzene rings is 2. The molecular formula is C20H23NOS2. The Morgan fingerprint density at radius 2 is 1.75 bits per heavy atom. The molecule has 1 amide bonds. The van der Waals surface area contributed by atoms with Crippen molar-refractivity contribution >= 4 is 29.4 Å². The Morgan fingerprint density at radius 1 is 1.08 bits per heavy atom. The highest BCUT2D eigenvalue weighted by molar-refractivity contribution is 8.19. The Bertz CT molecular complexity index is 651. The number of carbonyl (C=O) groups is 1. The van der Waals surface area contributed by atoms with E-state index in [9.17, 15) is 4.79 Å². The molecule has 0 aromatic heterocycles. The molecule has 0 radical (unpaired) electrons. The van der Waals surface area contributed by atoms with E-state index in [1.807, 2.05) is 53.9 Å². The van der Waals surface area contributed by atoms with Gasteiger partial charge in [-0.15, -0.1) is 23.5 Å². The number of amides is 1. The molecule has 1 saturated heterocycles. The van der Waals surface area contributed by atoms with Crippen LogP contribution in [0.1, 0.15) is 51.9 Å². The van der Waals surface area contributed by atoms with Crippen molar-refractivity contribution in [3.8, 4) is 0 Å². The van der Waals surface area contributed by atoms with Gasteiger partial charge in [0.15, 0.2) is 0 Å². The van der Waals surface area contributed by atoms with E-state index in [0.29, 0.717) is 4.58 Å². The van der Waals surface area contributed by atoms with Crippen molar-refractivity contribution in [2.45, 2.75) is 30.4 Å². The van der Waals surface area contributed by atoms with Crippen LogP contribution in [0.2, 0.25) is 0 Å². The summed E-state index contributed by atoms with van der Waals surface area (Å²) in [6.45, 7) is 2.15. The minimum Gasteiger partial charge on any atom is -0.345 e. The maximum Gasteiger partial charge on any atom is 0.251 e. The Balaban J connectivity index is 1.68. The molecule has 2 aromatic rings. The van der Waals surface area contributed by atoms with E-state index in [4.69, 9.17) is 0 Å². The third-order valence-electron chi connectivity index (χ3n) is 4.15. The molecule has 0 aliphatic carbocycles. The van der Waals surface area contributed by atoms with Gasteiger partial charge in [0.2, 0.25) is 0 Å². The van der Waals surface area contributed by atoms with E-state index in [1.165, 1.54) is 22.6 Å². The van der Waals surface area contributed by atoms with Gasteiger partial charge in [-0.1, -0.05) is 55.8 Å². The van der Waals surface area contributed by atoms with Crippen molar-refractivity contribution < 1.29 is 4.79 Å². The van der Waals surface area contributed by atoms with Crippen molar-refractivity contribution in [1.82, 2.24) is 5.32 Å². The molecule has 1 unspecified atom stereocenters. The molecule has 2 aromatic carbocycles. The van der Waals surface area contributed by atoms with Crippen LogP contribution in [0.3, 0.4) is 0 Å². The summed E-state index contributed by atoms with van der Waals surface area (Å²) >= 11 is 3.97. The van der Waals surface area contributed by atoms with Gasteiger partial charge in [-0.3, -0.25) is 4.79 Å². The smallest absolute Gasteiger partial charge is 0.251 e. The van der Waals surface area contributed by atoms with Crippen LogP contribution < -0.4 is 5.32 Å². The monoisotopic (exact) mass is 357 g/mol. The van der Waals surface area contributed by atoms with Crippen LogP contribution in [0.4, 0.5) is 0 Å². The third-order valence-corrected chi connectivity index (χ3v) is 7.26. The second kappa shape index (κ2) is 8.63. The van der Waals surface area contributed by atoms with Gasteiger partial charge in [0.05, 0.1) is 10.6 Å². The van der Waals surface area contributed by atoms with Gasteiger partial charge in [-0.25, -0.2) is 0 Å². The van der Waals surface area contributed by atoms with Gasteiger partial charge in [0, 0.05) is 17.1 Å². The zero-order valence-corrected chi connectivity index (χ0v) is 15.5. The quantitative estimate of drug-likeness (QED) is 0.747. The lowest BCUT2D eigenvalue weighted by atomic mass is 10.0. The number of rotatable bonds is 6. The van der Waals surface area contributed by atoms with Crippen LogP contribution in [-0.2, 0) is 0 Å². The first-order valence-electron chi connectivity index (χ1n) is 8.47. The van der Waals surface area contributed by atoms with Crippen molar-refractivity contribution in [2.75, 3.05) is 11.5 Å². The molecule has 3 rings (SSSR count). The molecule has 24 heavy (non-hydrogen) atoms. The molecule has 1 heterocycles. The number of thioether (sulfide) groups is 2. The van der Waals surface area contributed by atoms with E-state index in [2.05, 4.69) is 36.5 Å². The number of nitrogens with one attached hydrogen (secondary N) is 1. The van der Waals surface area contributed by atoms with E-state index in [0.717, 1.165) is 18.4 Å². The standard InChI is InChI=1S/C20H23NOS2/c1-2-6-18(15-7-4-3-5-8-15)21-19(22)16-9-11-17(12-10-16)20-23-13-14-24-20/h3-5,7-12,18,20H,2,6,13-14H2,1H3,(H,21,22). The third kappa shape index (κ3) is 4.37. The lowest BCUT2D eigenvalue weighted by Crippen LogP contribution is -2.28. The Morgan fingerprint density at radius 3 is 2.38 bits per heavy atom. The lowest BCUT2D eigenvalue weighted by molar-refractivity contribution is 0.0934. The normalized spacial score (nSPS) is 16.0. The minimum atomic E-state index is 0.00980. The van der Waals surface area contributed by atoms with E-state index >= 15 is 0 Å². The first-order chi connectivity index (χ1) is 11.8. The molecule has 1 N–H and O–H groups in total. The summed E-state index contributed by atoms with van der Waals surface area (Å²) in [5, 5.41) is 3.19. The van der Waals surface area contributed by atoms with Gasteiger partial charge in [0.25, 0.3) is 5.91 Å². The molecular weight excluding hydrogens is 334 g/mol. The van der Waals surface area contributed by atoms with Crippen molar-refractivity contribution in [2.24, 2.45) is 0 Å². The number of hydrogen-bond donors (Lipinski definition) is 1. The van der Waals surface area contributed by atoms with Gasteiger partial charge < -0.3 is 5.32 Å².